The Hall–Kier alpha value is -4.75. The van der Waals surface area contributed by atoms with Gasteiger partial charge in [-0.1, -0.05) is 66.7 Å². The minimum Gasteiger partial charge on any atom is -0.484 e. The third-order valence-electron chi connectivity index (χ3n) is 6.79. The summed E-state index contributed by atoms with van der Waals surface area (Å²) >= 11 is 0. The molecule has 2 amide bonds. The number of rotatable bonds is 10. The molecule has 1 heterocycles. The summed E-state index contributed by atoms with van der Waals surface area (Å²) in [5.41, 5.74) is 8.97. The van der Waals surface area contributed by atoms with Gasteiger partial charge in [0.2, 0.25) is 0 Å². The van der Waals surface area contributed by atoms with Gasteiger partial charge >= 0.3 is 0 Å². The van der Waals surface area contributed by atoms with Crippen molar-refractivity contribution in [3.05, 3.63) is 137 Å². The normalized spacial score (nSPS) is 13.0. The van der Waals surface area contributed by atoms with E-state index >= 15 is 0 Å². The van der Waals surface area contributed by atoms with Crippen molar-refractivity contribution in [2.24, 2.45) is 5.10 Å². The number of hydrogen-bond donors (Lipinski definition) is 2. The van der Waals surface area contributed by atoms with Gasteiger partial charge in [-0.2, -0.15) is 5.10 Å². The van der Waals surface area contributed by atoms with Crippen LogP contribution in [0.1, 0.15) is 38.2 Å². The van der Waals surface area contributed by atoms with Crippen LogP contribution in [0.5, 0.6) is 5.75 Å². The largest absolute Gasteiger partial charge is 0.484 e. The Balaban J connectivity index is 1.04. The van der Waals surface area contributed by atoms with Gasteiger partial charge in [0.25, 0.3) is 11.8 Å². The summed E-state index contributed by atoms with van der Waals surface area (Å²) in [5, 5.41) is 6.90. The molecular formula is C33H32N4O3. The third kappa shape index (κ3) is 7.65. The first-order valence-corrected chi connectivity index (χ1v) is 13.4. The van der Waals surface area contributed by atoms with Crippen LogP contribution in [-0.2, 0) is 30.8 Å². The first-order valence-electron chi connectivity index (χ1n) is 13.4. The van der Waals surface area contributed by atoms with Crippen molar-refractivity contribution in [1.29, 1.82) is 0 Å². The highest BCUT2D eigenvalue weighted by Crippen LogP contribution is 2.20. The van der Waals surface area contributed by atoms with Gasteiger partial charge in [-0.15, -0.1) is 0 Å². The lowest BCUT2D eigenvalue weighted by molar-refractivity contribution is -0.123. The van der Waals surface area contributed by atoms with Crippen LogP contribution in [0.3, 0.4) is 0 Å². The summed E-state index contributed by atoms with van der Waals surface area (Å²) in [6, 6.07) is 33.1. The van der Waals surface area contributed by atoms with Crippen LogP contribution in [-0.4, -0.2) is 36.1 Å². The smallest absolute Gasteiger partial charge is 0.271 e. The monoisotopic (exact) mass is 532 g/mol. The lowest BCUT2D eigenvalue weighted by Crippen LogP contribution is -2.30. The van der Waals surface area contributed by atoms with Crippen molar-refractivity contribution in [3.8, 4) is 5.75 Å². The second-order valence-corrected chi connectivity index (χ2v) is 9.75. The van der Waals surface area contributed by atoms with Gasteiger partial charge in [0.15, 0.2) is 6.61 Å². The molecule has 0 atom stereocenters. The number of nitrogens with one attached hydrogen (secondary N) is 2. The molecule has 0 fully saturated rings. The van der Waals surface area contributed by atoms with Crippen molar-refractivity contribution in [2.45, 2.75) is 26.1 Å². The Labute approximate surface area is 234 Å². The molecule has 40 heavy (non-hydrogen) atoms. The molecule has 0 radical (unpaired) electrons. The number of fused-ring (bicyclic) bond motifs is 1. The van der Waals surface area contributed by atoms with Crippen LogP contribution in [0, 0.1) is 0 Å². The van der Waals surface area contributed by atoms with Gasteiger partial charge in [0.1, 0.15) is 5.75 Å². The Morgan fingerprint density at radius 3 is 2.33 bits per heavy atom. The van der Waals surface area contributed by atoms with Gasteiger partial charge in [0, 0.05) is 31.7 Å². The highest BCUT2D eigenvalue weighted by Gasteiger charge is 2.16. The number of carbonyl (C=O) groups is 2. The lowest BCUT2D eigenvalue weighted by atomic mass is 9.99. The number of carbonyl (C=O) groups excluding carboxylic acids is 2. The summed E-state index contributed by atoms with van der Waals surface area (Å²) in [7, 11) is 0. The first-order chi connectivity index (χ1) is 19.6. The number of nitrogens with zero attached hydrogens (tertiary/aromatic N) is 2. The Bertz CT molecular complexity index is 1450. The number of ether oxygens (including phenoxy) is 1. The second kappa shape index (κ2) is 13.4. The van der Waals surface area contributed by atoms with E-state index in [0.717, 1.165) is 37.2 Å². The zero-order chi connectivity index (χ0) is 27.6. The minimum atomic E-state index is -0.267. The Kier molecular flexibility index (Phi) is 8.96. The lowest BCUT2D eigenvalue weighted by Gasteiger charge is -2.28. The van der Waals surface area contributed by atoms with E-state index in [1.54, 1.807) is 30.5 Å². The highest BCUT2D eigenvalue weighted by atomic mass is 16.5. The molecule has 0 aliphatic carbocycles. The van der Waals surface area contributed by atoms with Gasteiger partial charge in [-0.05, 0) is 70.6 Å². The van der Waals surface area contributed by atoms with Crippen molar-refractivity contribution < 1.29 is 14.3 Å². The minimum absolute atomic E-state index is 0.0683. The van der Waals surface area contributed by atoms with E-state index in [4.69, 9.17) is 4.74 Å². The maximum absolute atomic E-state index is 12.5. The summed E-state index contributed by atoms with van der Waals surface area (Å²) in [6.45, 7) is 3.23. The van der Waals surface area contributed by atoms with Crippen molar-refractivity contribution in [2.75, 3.05) is 13.2 Å². The van der Waals surface area contributed by atoms with Crippen LogP contribution < -0.4 is 15.5 Å². The summed E-state index contributed by atoms with van der Waals surface area (Å²) in [4.78, 5) is 27.0. The topological polar surface area (TPSA) is 83.0 Å². The van der Waals surface area contributed by atoms with E-state index in [1.165, 1.54) is 16.7 Å². The molecule has 0 saturated heterocycles. The molecule has 1 aliphatic rings. The van der Waals surface area contributed by atoms with Crippen molar-refractivity contribution >= 4 is 18.0 Å². The predicted octanol–water partition coefficient (Wildman–Crippen LogP) is 4.70. The zero-order valence-corrected chi connectivity index (χ0v) is 22.3. The molecule has 0 aromatic heterocycles. The van der Waals surface area contributed by atoms with Crippen LogP contribution in [0.15, 0.2) is 108 Å². The SMILES string of the molecule is O=C(COc1ccc(C=NNC(=O)c2ccc(CN3CCc4ccccc4C3)cc2)cc1)NCc1ccccc1. The fourth-order valence-electron chi connectivity index (χ4n) is 4.59. The van der Waals surface area contributed by atoms with Crippen LogP contribution in [0.2, 0.25) is 0 Å². The maximum atomic E-state index is 12.5. The molecule has 0 unspecified atom stereocenters. The van der Waals surface area contributed by atoms with E-state index in [1.807, 2.05) is 54.6 Å². The van der Waals surface area contributed by atoms with Crippen LogP contribution >= 0.6 is 0 Å². The molecule has 7 heteroatoms. The molecular weight excluding hydrogens is 500 g/mol. The molecule has 5 rings (SSSR count). The highest BCUT2D eigenvalue weighted by molar-refractivity contribution is 5.94. The van der Waals surface area contributed by atoms with Gasteiger partial charge in [0.05, 0.1) is 6.21 Å². The number of amides is 2. The Morgan fingerprint density at radius 1 is 0.825 bits per heavy atom. The van der Waals surface area contributed by atoms with E-state index in [0.29, 0.717) is 17.9 Å². The standard InChI is InChI=1S/C33H32N4O3/c38-32(34-20-25-6-2-1-3-7-25)24-40-31-16-12-26(13-17-31)21-35-36-33(39)29-14-10-27(11-15-29)22-37-19-18-28-8-4-5-9-30(28)23-37/h1-17,21H,18-20,22-24H2,(H,34,38)(H,36,39). The van der Waals surface area contributed by atoms with Gasteiger partial charge in [-0.3, -0.25) is 14.5 Å². The fourth-order valence-corrected chi connectivity index (χ4v) is 4.59. The molecule has 0 bridgehead atoms. The summed E-state index contributed by atoms with van der Waals surface area (Å²) < 4.78 is 5.56. The molecule has 4 aromatic rings. The maximum Gasteiger partial charge on any atom is 0.271 e. The van der Waals surface area contributed by atoms with Gasteiger partial charge < -0.3 is 10.1 Å². The average molecular weight is 533 g/mol. The second-order valence-electron chi connectivity index (χ2n) is 9.75. The molecule has 202 valence electrons. The van der Waals surface area contributed by atoms with Crippen LogP contribution in [0.4, 0.5) is 0 Å². The quantitative estimate of drug-likeness (QED) is 0.229. The van der Waals surface area contributed by atoms with Crippen molar-refractivity contribution in [3.63, 3.8) is 0 Å². The molecule has 2 N–H and O–H groups in total. The predicted molar refractivity (Wildman–Crippen MR) is 156 cm³/mol. The molecule has 4 aromatic carbocycles. The molecule has 0 saturated carbocycles. The first kappa shape index (κ1) is 26.8. The third-order valence-corrected chi connectivity index (χ3v) is 6.79. The fraction of sp³-hybridized carbons (Fsp3) is 0.182. The van der Waals surface area contributed by atoms with Crippen LogP contribution in [0.25, 0.3) is 0 Å². The van der Waals surface area contributed by atoms with E-state index in [-0.39, 0.29) is 18.4 Å². The summed E-state index contributed by atoms with van der Waals surface area (Å²) in [6.07, 6.45) is 2.63. The number of hydrazone groups is 1. The summed E-state index contributed by atoms with van der Waals surface area (Å²) in [5.74, 6) is 0.114. The average Bonchev–Trinajstić information content (AvgIpc) is 3.00. The Morgan fingerprint density at radius 2 is 1.55 bits per heavy atom. The zero-order valence-electron chi connectivity index (χ0n) is 22.3. The molecule has 1 aliphatic heterocycles. The number of benzene rings is 4. The number of hydrogen-bond acceptors (Lipinski definition) is 5. The molecule has 0 spiro atoms. The van der Waals surface area contributed by atoms with E-state index in [9.17, 15) is 9.59 Å². The van der Waals surface area contributed by atoms with E-state index in [2.05, 4.69) is 45.0 Å². The molecule has 7 nitrogen and oxygen atoms in total. The van der Waals surface area contributed by atoms with E-state index < -0.39 is 0 Å². The van der Waals surface area contributed by atoms with Gasteiger partial charge in [-0.25, -0.2) is 5.43 Å². The van der Waals surface area contributed by atoms with Crippen molar-refractivity contribution in [1.82, 2.24) is 15.6 Å².